The molecule has 88 valence electrons. The molecule has 16 heavy (non-hydrogen) atoms. The molecule has 0 fully saturated rings. The molecule has 0 radical (unpaired) electrons. The standard InChI is InChI=1S/C13H18O3/c1-10(12(14)16-15)9-13(2,3)11-7-5-4-6-8-11/h4-8,10,15H,9H2,1-3H3. The zero-order valence-electron chi connectivity index (χ0n) is 9.93. The Bertz CT molecular complexity index is 343. The summed E-state index contributed by atoms with van der Waals surface area (Å²) in [6.07, 6.45) is 0.635. The lowest BCUT2D eigenvalue weighted by Gasteiger charge is -2.27. The van der Waals surface area contributed by atoms with E-state index in [1.807, 2.05) is 30.3 Å². The minimum atomic E-state index is -0.580. The van der Waals surface area contributed by atoms with Crippen LogP contribution in [-0.2, 0) is 15.1 Å². The second-order valence-corrected chi connectivity index (χ2v) is 4.77. The summed E-state index contributed by atoms with van der Waals surface area (Å²) in [5, 5.41) is 8.32. The first-order valence-electron chi connectivity index (χ1n) is 5.38. The summed E-state index contributed by atoms with van der Waals surface area (Å²) >= 11 is 0. The van der Waals surface area contributed by atoms with E-state index >= 15 is 0 Å². The molecule has 0 saturated heterocycles. The lowest BCUT2D eigenvalue weighted by atomic mass is 9.77. The fraction of sp³-hybridized carbons (Fsp3) is 0.462. The number of hydrogen-bond donors (Lipinski definition) is 1. The number of carbonyl (C=O) groups is 1. The molecule has 0 aliphatic heterocycles. The molecule has 1 atom stereocenters. The van der Waals surface area contributed by atoms with Crippen molar-refractivity contribution in [2.24, 2.45) is 5.92 Å². The van der Waals surface area contributed by atoms with Gasteiger partial charge in [-0.15, -0.1) is 0 Å². The average molecular weight is 222 g/mol. The van der Waals surface area contributed by atoms with Gasteiger partial charge in [0.25, 0.3) is 0 Å². The number of benzene rings is 1. The van der Waals surface area contributed by atoms with Crippen LogP contribution >= 0.6 is 0 Å². The van der Waals surface area contributed by atoms with Crippen LogP contribution in [0.5, 0.6) is 0 Å². The van der Waals surface area contributed by atoms with Crippen LogP contribution in [0.3, 0.4) is 0 Å². The summed E-state index contributed by atoms with van der Waals surface area (Å²) in [4.78, 5) is 14.9. The maximum Gasteiger partial charge on any atom is 0.344 e. The third-order valence-electron chi connectivity index (χ3n) is 2.86. The first kappa shape index (κ1) is 12.7. The molecule has 1 rings (SSSR count). The Morgan fingerprint density at radius 3 is 2.44 bits per heavy atom. The predicted octanol–water partition coefficient (Wildman–Crippen LogP) is 3.01. The van der Waals surface area contributed by atoms with Gasteiger partial charge in [0.1, 0.15) is 0 Å². The van der Waals surface area contributed by atoms with Crippen LogP contribution in [0.1, 0.15) is 32.8 Å². The van der Waals surface area contributed by atoms with Gasteiger partial charge in [0.15, 0.2) is 0 Å². The molecule has 1 N–H and O–H groups in total. The molecule has 0 spiro atoms. The van der Waals surface area contributed by atoms with E-state index in [2.05, 4.69) is 18.7 Å². The Morgan fingerprint density at radius 1 is 1.38 bits per heavy atom. The van der Waals surface area contributed by atoms with Crippen molar-refractivity contribution in [1.29, 1.82) is 0 Å². The van der Waals surface area contributed by atoms with Crippen molar-refractivity contribution < 1.29 is 14.9 Å². The SMILES string of the molecule is CC(CC(C)(C)c1ccccc1)C(=O)OO. The van der Waals surface area contributed by atoms with Gasteiger partial charge < -0.3 is 4.89 Å². The van der Waals surface area contributed by atoms with Crippen molar-refractivity contribution in [3.05, 3.63) is 35.9 Å². The topological polar surface area (TPSA) is 46.5 Å². The van der Waals surface area contributed by atoms with E-state index < -0.39 is 5.97 Å². The van der Waals surface area contributed by atoms with Crippen molar-refractivity contribution >= 4 is 5.97 Å². The molecular formula is C13H18O3. The summed E-state index contributed by atoms with van der Waals surface area (Å²) in [6, 6.07) is 10.00. The molecule has 1 unspecified atom stereocenters. The van der Waals surface area contributed by atoms with E-state index in [1.165, 1.54) is 5.56 Å². The Kier molecular flexibility index (Phi) is 4.07. The normalized spacial score (nSPS) is 13.2. The maximum atomic E-state index is 11.1. The first-order chi connectivity index (χ1) is 7.47. The highest BCUT2D eigenvalue weighted by molar-refractivity contribution is 5.71. The molecule has 0 aliphatic rings. The molecule has 0 bridgehead atoms. The summed E-state index contributed by atoms with van der Waals surface area (Å²) in [5.41, 5.74) is 1.06. The van der Waals surface area contributed by atoms with Crippen LogP contribution in [-0.4, -0.2) is 11.2 Å². The first-order valence-corrected chi connectivity index (χ1v) is 5.38. The van der Waals surface area contributed by atoms with Crippen LogP contribution in [0.25, 0.3) is 0 Å². The van der Waals surface area contributed by atoms with Crippen LogP contribution in [0.4, 0.5) is 0 Å². The van der Waals surface area contributed by atoms with Gasteiger partial charge in [0.2, 0.25) is 0 Å². The molecule has 0 saturated carbocycles. The fourth-order valence-electron chi connectivity index (χ4n) is 1.95. The lowest BCUT2D eigenvalue weighted by Crippen LogP contribution is -2.25. The Morgan fingerprint density at radius 2 is 1.94 bits per heavy atom. The minimum Gasteiger partial charge on any atom is -0.301 e. The highest BCUT2D eigenvalue weighted by Gasteiger charge is 2.27. The monoisotopic (exact) mass is 222 g/mol. The molecule has 0 heterocycles. The number of carbonyl (C=O) groups excluding carboxylic acids is 1. The van der Waals surface area contributed by atoms with E-state index in [4.69, 9.17) is 5.26 Å². The van der Waals surface area contributed by atoms with E-state index in [1.54, 1.807) is 6.92 Å². The summed E-state index contributed by atoms with van der Waals surface area (Å²) in [6.45, 7) is 5.90. The van der Waals surface area contributed by atoms with Crippen LogP contribution < -0.4 is 0 Å². The molecule has 0 aliphatic carbocycles. The largest absolute Gasteiger partial charge is 0.344 e. The van der Waals surface area contributed by atoms with Crippen molar-refractivity contribution in [3.63, 3.8) is 0 Å². The third kappa shape index (κ3) is 3.07. The van der Waals surface area contributed by atoms with Crippen LogP contribution in [0, 0.1) is 5.92 Å². The Labute approximate surface area is 96.0 Å². The van der Waals surface area contributed by atoms with Gasteiger partial charge in [-0.1, -0.05) is 51.1 Å². The molecule has 3 heteroatoms. The third-order valence-corrected chi connectivity index (χ3v) is 2.86. The second kappa shape index (κ2) is 5.12. The highest BCUT2D eigenvalue weighted by Crippen LogP contribution is 2.30. The van der Waals surface area contributed by atoms with Gasteiger partial charge in [-0.2, -0.15) is 5.26 Å². The van der Waals surface area contributed by atoms with Crippen molar-refractivity contribution in [2.75, 3.05) is 0 Å². The molecular weight excluding hydrogens is 204 g/mol. The number of hydrogen-bond acceptors (Lipinski definition) is 3. The molecule has 3 nitrogen and oxygen atoms in total. The molecule has 0 aromatic heterocycles. The minimum absolute atomic E-state index is 0.116. The van der Waals surface area contributed by atoms with Crippen molar-refractivity contribution in [3.8, 4) is 0 Å². The van der Waals surface area contributed by atoms with Crippen molar-refractivity contribution in [1.82, 2.24) is 0 Å². The predicted molar refractivity (Wildman–Crippen MR) is 62.0 cm³/mol. The van der Waals surface area contributed by atoms with Crippen molar-refractivity contribution in [2.45, 2.75) is 32.6 Å². The van der Waals surface area contributed by atoms with Crippen LogP contribution in [0.2, 0.25) is 0 Å². The van der Waals surface area contributed by atoms with Gasteiger partial charge in [0, 0.05) is 0 Å². The summed E-state index contributed by atoms with van der Waals surface area (Å²) < 4.78 is 0. The quantitative estimate of drug-likeness (QED) is 0.629. The van der Waals surface area contributed by atoms with E-state index in [0.29, 0.717) is 6.42 Å². The van der Waals surface area contributed by atoms with E-state index in [-0.39, 0.29) is 11.3 Å². The molecule has 1 aromatic rings. The van der Waals surface area contributed by atoms with Gasteiger partial charge >= 0.3 is 5.97 Å². The molecule has 0 amide bonds. The fourth-order valence-corrected chi connectivity index (χ4v) is 1.95. The summed E-state index contributed by atoms with van der Waals surface area (Å²) in [7, 11) is 0. The van der Waals surface area contributed by atoms with Crippen LogP contribution in [0.15, 0.2) is 30.3 Å². The van der Waals surface area contributed by atoms with Gasteiger partial charge in [-0.3, -0.25) is 0 Å². The van der Waals surface area contributed by atoms with E-state index in [9.17, 15) is 4.79 Å². The Hall–Kier alpha value is -1.35. The Balaban J connectivity index is 2.76. The average Bonchev–Trinajstić information content (AvgIpc) is 2.28. The van der Waals surface area contributed by atoms with Gasteiger partial charge in [-0.25, -0.2) is 4.79 Å². The zero-order chi connectivity index (χ0) is 12.2. The summed E-state index contributed by atoms with van der Waals surface area (Å²) in [5.74, 6) is -0.899. The zero-order valence-corrected chi connectivity index (χ0v) is 9.93. The van der Waals surface area contributed by atoms with E-state index in [0.717, 1.165) is 0 Å². The van der Waals surface area contributed by atoms with Gasteiger partial charge in [0.05, 0.1) is 5.92 Å². The highest BCUT2D eigenvalue weighted by atomic mass is 17.1. The smallest absolute Gasteiger partial charge is 0.301 e. The molecule has 1 aromatic carbocycles. The maximum absolute atomic E-state index is 11.1. The van der Waals surface area contributed by atoms with Gasteiger partial charge in [-0.05, 0) is 17.4 Å². The number of rotatable bonds is 4. The second-order valence-electron chi connectivity index (χ2n) is 4.77. The lowest BCUT2D eigenvalue weighted by molar-refractivity contribution is -0.239.